The fourth-order valence-corrected chi connectivity index (χ4v) is 5.54. The van der Waals surface area contributed by atoms with Crippen LogP contribution in [0.2, 0.25) is 0 Å². The van der Waals surface area contributed by atoms with E-state index in [0.29, 0.717) is 18.5 Å². The van der Waals surface area contributed by atoms with E-state index in [9.17, 15) is 10.1 Å². The van der Waals surface area contributed by atoms with E-state index < -0.39 is 0 Å². The molecule has 2 aromatic carbocycles. The van der Waals surface area contributed by atoms with Crippen molar-refractivity contribution in [3.63, 3.8) is 0 Å². The van der Waals surface area contributed by atoms with Gasteiger partial charge in [0.05, 0.1) is 31.3 Å². The minimum absolute atomic E-state index is 0.00980. The molecular formula is C25H29N3O3. The molecule has 6 heteroatoms. The van der Waals surface area contributed by atoms with Gasteiger partial charge in [-0.15, -0.1) is 0 Å². The largest absolute Gasteiger partial charge is 0.462 e. The summed E-state index contributed by atoms with van der Waals surface area (Å²) in [6.07, 6.45) is 4.48. The van der Waals surface area contributed by atoms with Crippen LogP contribution in [0.3, 0.4) is 0 Å². The summed E-state index contributed by atoms with van der Waals surface area (Å²) in [4.78, 5) is 17.3. The normalized spacial score (nSPS) is 26.0. The maximum absolute atomic E-state index is 12.5. The van der Waals surface area contributed by atoms with Crippen LogP contribution < -0.4 is 4.90 Å². The number of carbonyl (C=O) groups excluding carboxylic acids is 1. The van der Waals surface area contributed by atoms with Gasteiger partial charge in [0.2, 0.25) is 0 Å². The van der Waals surface area contributed by atoms with Crippen LogP contribution in [-0.4, -0.2) is 61.9 Å². The number of ether oxygens (including phenoxy) is 2. The van der Waals surface area contributed by atoms with E-state index in [2.05, 4.69) is 28.0 Å². The second-order valence-electron chi connectivity index (χ2n) is 8.87. The Kier molecular flexibility index (Phi) is 5.80. The molecule has 3 aliphatic heterocycles. The summed E-state index contributed by atoms with van der Waals surface area (Å²) in [7, 11) is 0. The van der Waals surface area contributed by atoms with E-state index in [1.54, 1.807) is 0 Å². The molecule has 0 radical (unpaired) electrons. The van der Waals surface area contributed by atoms with Gasteiger partial charge in [0.15, 0.2) is 0 Å². The van der Waals surface area contributed by atoms with Gasteiger partial charge in [0.1, 0.15) is 6.10 Å². The third-order valence-electron chi connectivity index (χ3n) is 7.02. The summed E-state index contributed by atoms with van der Waals surface area (Å²) < 4.78 is 11.3. The number of hydrogen-bond acceptors (Lipinski definition) is 6. The van der Waals surface area contributed by atoms with Crippen LogP contribution in [0.15, 0.2) is 36.4 Å². The quantitative estimate of drug-likeness (QED) is 0.692. The fraction of sp³-hybridized carbons (Fsp3) is 0.520. The fourth-order valence-electron chi connectivity index (χ4n) is 5.54. The van der Waals surface area contributed by atoms with Crippen LogP contribution in [0.5, 0.6) is 0 Å². The van der Waals surface area contributed by atoms with Gasteiger partial charge in [-0.3, -0.25) is 9.69 Å². The van der Waals surface area contributed by atoms with Crippen molar-refractivity contribution < 1.29 is 14.3 Å². The third kappa shape index (κ3) is 4.13. The number of benzene rings is 2. The van der Waals surface area contributed by atoms with Crippen molar-refractivity contribution in [3.8, 4) is 6.07 Å². The lowest BCUT2D eigenvalue weighted by atomic mass is 9.96. The summed E-state index contributed by atoms with van der Waals surface area (Å²) in [5, 5.41) is 11.6. The second-order valence-corrected chi connectivity index (χ2v) is 8.87. The Hall–Kier alpha value is -2.62. The van der Waals surface area contributed by atoms with E-state index in [-0.39, 0.29) is 12.1 Å². The van der Waals surface area contributed by atoms with Crippen LogP contribution in [0.25, 0.3) is 10.8 Å². The SMILES string of the molecule is N#Cc1ccc(N2[C@@H]3CC[C@H]2C[C@@H](OC(=O)CCN2CCOCC2)C3)c2ccccc12. The molecule has 0 unspecified atom stereocenters. The van der Waals surface area contributed by atoms with Crippen LogP contribution in [0, 0.1) is 11.3 Å². The van der Waals surface area contributed by atoms with E-state index in [1.807, 2.05) is 24.3 Å². The molecule has 3 saturated heterocycles. The average molecular weight is 420 g/mol. The van der Waals surface area contributed by atoms with Crippen molar-refractivity contribution in [2.24, 2.45) is 0 Å². The maximum atomic E-state index is 12.5. The Morgan fingerprint density at radius 2 is 1.77 bits per heavy atom. The lowest BCUT2D eigenvalue weighted by Crippen LogP contribution is -2.46. The van der Waals surface area contributed by atoms with Crippen molar-refractivity contribution in [3.05, 3.63) is 42.0 Å². The first-order chi connectivity index (χ1) is 15.2. The van der Waals surface area contributed by atoms with Gasteiger partial charge in [-0.1, -0.05) is 24.3 Å². The number of carbonyl (C=O) groups is 1. The van der Waals surface area contributed by atoms with Gasteiger partial charge >= 0.3 is 5.97 Å². The maximum Gasteiger partial charge on any atom is 0.307 e. The number of piperidine rings is 1. The predicted molar refractivity (Wildman–Crippen MR) is 119 cm³/mol. The molecule has 0 N–H and O–H groups in total. The molecule has 0 aromatic heterocycles. The number of nitrogens with zero attached hydrogens (tertiary/aromatic N) is 3. The predicted octanol–water partition coefficient (Wildman–Crippen LogP) is 3.48. The molecule has 3 atom stereocenters. The Bertz CT molecular complexity index is 981. The molecule has 0 amide bonds. The zero-order chi connectivity index (χ0) is 21.2. The zero-order valence-corrected chi connectivity index (χ0v) is 17.8. The van der Waals surface area contributed by atoms with Gasteiger partial charge in [-0.05, 0) is 25.0 Å². The Balaban J connectivity index is 1.25. The molecule has 2 bridgehead atoms. The number of rotatable bonds is 5. The van der Waals surface area contributed by atoms with Crippen molar-refractivity contribution in [1.29, 1.82) is 5.26 Å². The van der Waals surface area contributed by atoms with E-state index in [1.165, 1.54) is 5.69 Å². The zero-order valence-electron chi connectivity index (χ0n) is 17.8. The van der Waals surface area contributed by atoms with Crippen LogP contribution in [-0.2, 0) is 14.3 Å². The van der Waals surface area contributed by atoms with Crippen molar-refractivity contribution in [1.82, 2.24) is 4.90 Å². The standard InChI is InChI=1S/C25H29N3O3/c26-17-18-5-8-24(23-4-2-1-3-22(18)23)28-19-6-7-20(28)16-21(15-19)31-25(29)9-10-27-11-13-30-14-12-27/h1-5,8,19-21H,6-7,9-16H2/t19-,20+,21+. The number of anilines is 1. The summed E-state index contributed by atoms with van der Waals surface area (Å²) in [6.45, 7) is 4.05. The molecule has 3 aliphatic rings. The first kappa shape index (κ1) is 20.3. The molecule has 5 rings (SSSR count). The number of fused-ring (bicyclic) bond motifs is 3. The number of hydrogen-bond donors (Lipinski definition) is 0. The monoisotopic (exact) mass is 419 g/mol. The highest BCUT2D eigenvalue weighted by Crippen LogP contribution is 2.43. The van der Waals surface area contributed by atoms with Crippen molar-refractivity contribution in [2.45, 2.75) is 50.3 Å². The third-order valence-corrected chi connectivity index (χ3v) is 7.02. The Morgan fingerprint density at radius 3 is 2.48 bits per heavy atom. The van der Waals surface area contributed by atoms with E-state index in [4.69, 9.17) is 9.47 Å². The Morgan fingerprint density at radius 1 is 1.06 bits per heavy atom. The molecule has 31 heavy (non-hydrogen) atoms. The lowest BCUT2D eigenvalue weighted by Gasteiger charge is -2.40. The minimum atomic E-state index is -0.0758. The summed E-state index contributed by atoms with van der Waals surface area (Å²) in [5.74, 6) is -0.0758. The van der Waals surface area contributed by atoms with Crippen molar-refractivity contribution in [2.75, 3.05) is 37.7 Å². The van der Waals surface area contributed by atoms with Gasteiger partial charge in [-0.25, -0.2) is 0 Å². The molecule has 6 nitrogen and oxygen atoms in total. The van der Waals surface area contributed by atoms with Crippen LogP contribution in [0.4, 0.5) is 5.69 Å². The molecule has 0 aliphatic carbocycles. The van der Waals surface area contributed by atoms with Crippen LogP contribution in [0.1, 0.15) is 37.7 Å². The molecule has 2 aromatic rings. The van der Waals surface area contributed by atoms with Crippen LogP contribution >= 0.6 is 0 Å². The molecule has 3 fully saturated rings. The molecule has 0 saturated carbocycles. The average Bonchev–Trinajstić information content (AvgIpc) is 3.07. The minimum Gasteiger partial charge on any atom is -0.462 e. The molecule has 162 valence electrons. The highest BCUT2D eigenvalue weighted by atomic mass is 16.5. The number of nitriles is 1. The summed E-state index contributed by atoms with van der Waals surface area (Å²) in [6, 6.07) is 15.3. The number of esters is 1. The van der Waals surface area contributed by atoms with Gasteiger partial charge in [-0.2, -0.15) is 5.26 Å². The molecule has 0 spiro atoms. The second kappa shape index (κ2) is 8.86. The highest BCUT2D eigenvalue weighted by Gasteiger charge is 2.42. The van der Waals surface area contributed by atoms with E-state index >= 15 is 0 Å². The molecule has 3 heterocycles. The lowest BCUT2D eigenvalue weighted by molar-refractivity contribution is -0.151. The topological polar surface area (TPSA) is 65.8 Å². The van der Waals surface area contributed by atoms with E-state index in [0.717, 1.165) is 74.9 Å². The first-order valence-corrected chi connectivity index (χ1v) is 11.4. The van der Waals surface area contributed by atoms with Gasteiger partial charge < -0.3 is 14.4 Å². The van der Waals surface area contributed by atoms with Gasteiger partial charge in [0.25, 0.3) is 0 Å². The summed E-state index contributed by atoms with van der Waals surface area (Å²) >= 11 is 0. The summed E-state index contributed by atoms with van der Waals surface area (Å²) in [5.41, 5.74) is 1.93. The first-order valence-electron chi connectivity index (χ1n) is 11.4. The highest BCUT2D eigenvalue weighted by molar-refractivity contribution is 5.98. The van der Waals surface area contributed by atoms with Gasteiger partial charge in [0, 0.05) is 61.0 Å². The molecular weight excluding hydrogens is 390 g/mol. The van der Waals surface area contributed by atoms with Crippen molar-refractivity contribution >= 4 is 22.4 Å². The number of morpholine rings is 1. The smallest absolute Gasteiger partial charge is 0.307 e. The Labute approximate surface area is 183 Å².